The van der Waals surface area contributed by atoms with E-state index >= 15 is 0 Å². The third-order valence-electron chi connectivity index (χ3n) is 7.88. The maximum absolute atomic E-state index is 12.8. The maximum atomic E-state index is 12.8. The number of anilines is 2. The van der Waals surface area contributed by atoms with Crippen LogP contribution >= 0.6 is 0 Å². The second-order valence-electron chi connectivity index (χ2n) is 11.1. The van der Waals surface area contributed by atoms with Crippen LogP contribution in [0.25, 0.3) is 0 Å². The van der Waals surface area contributed by atoms with E-state index in [1.807, 2.05) is 26.0 Å². The molecule has 0 aromatic heterocycles. The molecular weight excluding hydrogens is 544 g/mol. The van der Waals surface area contributed by atoms with Gasteiger partial charge in [-0.3, -0.25) is 4.79 Å². The molecule has 1 aliphatic rings. The van der Waals surface area contributed by atoms with E-state index in [-0.39, 0.29) is 24.1 Å². The van der Waals surface area contributed by atoms with Gasteiger partial charge in [0.1, 0.15) is 11.5 Å². The summed E-state index contributed by atoms with van der Waals surface area (Å²) in [5, 5.41) is 8.71. The minimum Gasteiger partial charge on any atom is -0.493 e. The van der Waals surface area contributed by atoms with E-state index in [4.69, 9.17) is 14.2 Å². The first-order valence-corrected chi connectivity index (χ1v) is 15.1. The minimum atomic E-state index is -0.260. The molecule has 3 amide bonds. The van der Waals surface area contributed by atoms with Gasteiger partial charge in [-0.15, -0.1) is 0 Å². The van der Waals surface area contributed by atoms with Gasteiger partial charge < -0.3 is 35.1 Å². The number of carbonyl (C=O) groups is 2. The molecule has 0 unspecified atom stereocenters. The molecule has 0 aliphatic heterocycles. The van der Waals surface area contributed by atoms with Crippen LogP contribution in [0.5, 0.6) is 23.0 Å². The molecule has 0 heterocycles. The molecule has 0 spiro atoms. The van der Waals surface area contributed by atoms with E-state index in [0.717, 1.165) is 44.3 Å². The van der Waals surface area contributed by atoms with Gasteiger partial charge in [-0.2, -0.15) is 0 Å². The molecule has 43 heavy (non-hydrogen) atoms. The van der Waals surface area contributed by atoms with Crippen LogP contribution in [0.3, 0.4) is 0 Å². The lowest BCUT2D eigenvalue weighted by Gasteiger charge is -2.32. The van der Waals surface area contributed by atoms with Crippen molar-refractivity contribution >= 4 is 23.3 Å². The number of hydrogen-bond acceptors (Lipinski definition) is 6. The highest BCUT2D eigenvalue weighted by molar-refractivity contribution is 6.04. The Morgan fingerprint density at radius 3 is 2.05 bits per heavy atom. The van der Waals surface area contributed by atoms with Crippen LogP contribution in [0.4, 0.5) is 16.2 Å². The summed E-state index contributed by atoms with van der Waals surface area (Å²) in [7, 11) is 5.81. The van der Waals surface area contributed by atoms with Gasteiger partial charge in [0, 0.05) is 35.1 Å². The predicted molar refractivity (Wildman–Crippen MR) is 171 cm³/mol. The smallest absolute Gasteiger partial charge is 0.319 e. The van der Waals surface area contributed by atoms with Gasteiger partial charge in [0.25, 0.3) is 5.91 Å². The second kappa shape index (κ2) is 15.3. The summed E-state index contributed by atoms with van der Waals surface area (Å²) in [5.74, 6) is 2.13. The topological polar surface area (TPSA) is 101 Å². The molecule has 4 rings (SSSR count). The number of rotatable bonds is 12. The molecule has 3 aromatic carbocycles. The Morgan fingerprint density at radius 1 is 0.814 bits per heavy atom. The average Bonchev–Trinajstić information content (AvgIpc) is 3.02. The Balaban J connectivity index is 1.29. The fourth-order valence-electron chi connectivity index (χ4n) is 5.17. The number of ether oxygens (including phenoxy) is 3. The zero-order chi connectivity index (χ0) is 30.8. The molecular formula is C34H44N4O5. The fourth-order valence-corrected chi connectivity index (χ4v) is 5.17. The molecule has 3 aromatic rings. The van der Waals surface area contributed by atoms with Crippen molar-refractivity contribution in [2.24, 2.45) is 0 Å². The third-order valence-corrected chi connectivity index (χ3v) is 7.88. The lowest BCUT2D eigenvalue weighted by molar-refractivity contribution is 0.102. The molecule has 1 aliphatic carbocycles. The Hall–Kier alpha value is -4.24. The van der Waals surface area contributed by atoms with E-state index < -0.39 is 0 Å². The maximum Gasteiger partial charge on any atom is 0.319 e. The first-order chi connectivity index (χ1) is 20.8. The van der Waals surface area contributed by atoms with E-state index in [0.29, 0.717) is 40.2 Å². The lowest BCUT2D eigenvalue weighted by atomic mass is 9.92. The van der Waals surface area contributed by atoms with Gasteiger partial charge in [0.05, 0.1) is 13.2 Å². The van der Waals surface area contributed by atoms with E-state index in [9.17, 15) is 9.59 Å². The number of methoxy groups -OCH3 is 1. The highest BCUT2D eigenvalue weighted by Gasteiger charge is 2.23. The van der Waals surface area contributed by atoms with Crippen LogP contribution in [0, 0.1) is 0 Å². The lowest BCUT2D eigenvalue weighted by Crippen LogP contribution is -2.37. The summed E-state index contributed by atoms with van der Waals surface area (Å²) in [4.78, 5) is 27.4. The fraction of sp³-hybridized carbons (Fsp3) is 0.412. The number of carbonyl (C=O) groups excluding carboxylic acids is 2. The molecule has 9 nitrogen and oxygen atoms in total. The summed E-state index contributed by atoms with van der Waals surface area (Å²) in [6.45, 7) is 4.08. The summed E-state index contributed by atoms with van der Waals surface area (Å²) >= 11 is 0. The van der Waals surface area contributed by atoms with E-state index in [1.54, 1.807) is 61.7 Å². The Morgan fingerprint density at radius 2 is 1.44 bits per heavy atom. The number of hydrogen-bond donors (Lipinski definition) is 3. The highest BCUT2D eigenvalue weighted by Crippen LogP contribution is 2.34. The van der Waals surface area contributed by atoms with Crippen LogP contribution in [0.2, 0.25) is 0 Å². The number of amides is 3. The van der Waals surface area contributed by atoms with Gasteiger partial charge in [-0.25, -0.2) is 4.79 Å². The van der Waals surface area contributed by atoms with E-state index in [1.165, 1.54) is 0 Å². The monoisotopic (exact) mass is 588 g/mol. The molecule has 9 heteroatoms. The number of benzene rings is 3. The quantitative estimate of drug-likeness (QED) is 0.205. The summed E-state index contributed by atoms with van der Waals surface area (Å²) in [6, 6.07) is 20.1. The van der Waals surface area contributed by atoms with Gasteiger partial charge in [0.2, 0.25) is 0 Å². The number of nitrogens with zero attached hydrogens (tertiary/aromatic N) is 1. The Labute approximate surface area is 254 Å². The van der Waals surface area contributed by atoms with Crippen molar-refractivity contribution in [3.63, 3.8) is 0 Å². The minimum absolute atomic E-state index is 0.125. The summed E-state index contributed by atoms with van der Waals surface area (Å²) in [5.41, 5.74) is 1.79. The highest BCUT2D eigenvalue weighted by atomic mass is 16.5. The molecule has 0 saturated heterocycles. The van der Waals surface area contributed by atoms with Crippen LogP contribution in [-0.4, -0.2) is 56.2 Å². The molecule has 230 valence electrons. The molecule has 3 N–H and O–H groups in total. The van der Waals surface area contributed by atoms with Gasteiger partial charge in [-0.1, -0.05) is 13.8 Å². The third kappa shape index (κ3) is 9.12. The average molecular weight is 589 g/mol. The molecule has 0 radical (unpaired) electrons. The summed E-state index contributed by atoms with van der Waals surface area (Å²) in [6.07, 6.45) is 6.30. The van der Waals surface area contributed by atoms with Gasteiger partial charge in [0.15, 0.2) is 11.5 Å². The number of nitrogens with one attached hydrogen (secondary N) is 3. The van der Waals surface area contributed by atoms with Crippen LogP contribution in [0.1, 0.15) is 62.7 Å². The van der Waals surface area contributed by atoms with Gasteiger partial charge >= 0.3 is 6.03 Å². The molecule has 1 fully saturated rings. The van der Waals surface area contributed by atoms with E-state index in [2.05, 4.69) is 34.9 Å². The molecule has 1 saturated carbocycles. The van der Waals surface area contributed by atoms with Crippen molar-refractivity contribution in [1.82, 2.24) is 10.2 Å². The zero-order valence-corrected chi connectivity index (χ0v) is 25.8. The SMILES string of the molecule is CCC(CC)NC(=O)Nc1ccc(Oc2ccc(NC(=O)c3ccc(O[C@H]4CC[C@@H](N(C)C)CC4)cc3)cc2)c(OC)c1. The normalized spacial score (nSPS) is 16.4. The predicted octanol–water partition coefficient (Wildman–Crippen LogP) is 7.30. The van der Waals surface area contributed by atoms with Crippen molar-refractivity contribution in [2.75, 3.05) is 31.8 Å². The molecule has 0 atom stereocenters. The van der Waals surface area contributed by atoms with Crippen molar-refractivity contribution in [2.45, 2.75) is 70.6 Å². The second-order valence-corrected chi connectivity index (χ2v) is 11.1. The summed E-state index contributed by atoms with van der Waals surface area (Å²) < 4.78 is 17.7. The zero-order valence-electron chi connectivity index (χ0n) is 25.8. The first kappa shape index (κ1) is 31.7. The Bertz CT molecular complexity index is 1330. The van der Waals surface area contributed by atoms with Gasteiger partial charge in [-0.05, 0) is 113 Å². The van der Waals surface area contributed by atoms with Crippen molar-refractivity contribution in [1.29, 1.82) is 0 Å². The van der Waals surface area contributed by atoms with Crippen LogP contribution in [0.15, 0.2) is 66.7 Å². The largest absolute Gasteiger partial charge is 0.493 e. The molecule has 0 bridgehead atoms. The van der Waals surface area contributed by atoms with Crippen molar-refractivity contribution in [3.8, 4) is 23.0 Å². The van der Waals surface area contributed by atoms with Crippen LogP contribution in [-0.2, 0) is 0 Å². The number of urea groups is 1. The first-order valence-electron chi connectivity index (χ1n) is 15.1. The van der Waals surface area contributed by atoms with Crippen molar-refractivity contribution in [3.05, 3.63) is 72.3 Å². The standard InChI is InChI=1S/C34H44N4O5/c1-6-24(7-2)36-34(40)37-26-12-21-31(32(22-26)41-5)43-30-17-10-25(11-18-30)35-33(39)23-8-15-28(16-9-23)42-29-19-13-27(14-20-29)38(3)4/h8-12,15-18,21-22,24,27,29H,6-7,13-14,19-20H2,1-5H3,(H,35,39)(H2,36,37,40)/t27-,29+. The van der Waals surface area contributed by atoms with Crippen molar-refractivity contribution < 1.29 is 23.8 Å². The van der Waals surface area contributed by atoms with Crippen LogP contribution < -0.4 is 30.2 Å². The Kier molecular flexibility index (Phi) is 11.3.